The second-order valence-corrected chi connectivity index (χ2v) is 7.84. The summed E-state index contributed by atoms with van der Waals surface area (Å²) in [5, 5.41) is 9.20. The summed E-state index contributed by atoms with van der Waals surface area (Å²) in [5.41, 5.74) is 3.06. The van der Waals surface area contributed by atoms with Crippen LogP contribution in [0.5, 0.6) is 5.75 Å². The average Bonchev–Trinajstić information content (AvgIpc) is 3.64. The minimum absolute atomic E-state index is 0.0875. The van der Waals surface area contributed by atoms with Gasteiger partial charge >= 0.3 is 0 Å². The normalized spacial score (nSPS) is 13.8. The zero-order chi connectivity index (χ0) is 22.3. The van der Waals surface area contributed by atoms with E-state index in [9.17, 15) is 9.59 Å². The molecule has 1 atom stereocenters. The molecule has 0 saturated heterocycles. The van der Waals surface area contributed by atoms with Crippen molar-refractivity contribution < 1.29 is 14.3 Å². The van der Waals surface area contributed by atoms with Crippen LogP contribution in [0, 0.1) is 0 Å². The van der Waals surface area contributed by atoms with Crippen molar-refractivity contribution in [2.75, 3.05) is 19.0 Å². The van der Waals surface area contributed by atoms with Crippen LogP contribution < -0.4 is 20.7 Å². The highest BCUT2D eigenvalue weighted by molar-refractivity contribution is 6.04. The summed E-state index contributed by atoms with van der Waals surface area (Å²) in [4.78, 5) is 25.3. The molecule has 0 heterocycles. The quantitative estimate of drug-likeness (QED) is 0.482. The number of amides is 2. The number of hydrogen-bond donors (Lipinski definition) is 3. The lowest BCUT2D eigenvalue weighted by Gasteiger charge is -2.20. The summed E-state index contributed by atoms with van der Waals surface area (Å²) < 4.78 is 5.26. The van der Waals surface area contributed by atoms with Gasteiger partial charge in [-0.25, -0.2) is 0 Å². The number of hydrogen-bond acceptors (Lipinski definition) is 4. The molecule has 1 unspecified atom stereocenters. The molecule has 1 aliphatic carbocycles. The average molecular weight is 430 g/mol. The fraction of sp³-hybridized carbons (Fsp3) is 0.231. The minimum Gasteiger partial charge on any atom is -0.497 e. The SMILES string of the molecule is COc1ccc(C(NCC(=O)Nc2ccccc2C(=O)NC2CC2)c2ccccc2)cc1. The maximum Gasteiger partial charge on any atom is 0.253 e. The minimum atomic E-state index is -0.217. The molecule has 2 amide bonds. The highest BCUT2D eigenvalue weighted by Gasteiger charge is 2.25. The van der Waals surface area contributed by atoms with Gasteiger partial charge in [0.05, 0.1) is 30.9 Å². The standard InChI is InChI=1S/C26H27N3O3/c1-32-21-15-11-19(12-16-21)25(18-7-3-2-4-8-18)27-17-24(30)29-23-10-6-5-9-22(23)26(31)28-20-13-14-20/h2-12,15-16,20,25,27H,13-14,17H2,1H3,(H,28,31)(H,29,30). The van der Waals surface area contributed by atoms with E-state index >= 15 is 0 Å². The van der Waals surface area contributed by atoms with Gasteiger partial charge in [-0.3, -0.25) is 14.9 Å². The predicted molar refractivity (Wildman–Crippen MR) is 125 cm³/mol. The van der Waals surface area contributed by atoms with Gasteiger partial charge in [-0.2, -0.15) is 0 Å². The van der Waals surface area contributed by atoms with E-state index in [1.807, 2.05) is 54.6 Å². The van der Waals surface area contributed by atoms with Gasteiger partial charge < -0.3 is 15.4 Å². The number of benzene rings is 3. The second-order valence-electron chi connectivity index (χ2n) is 7.84. The Morgan fingerprint density at radius 1 is 0.906 bits per heavy atom. The first kappa shape index (κ1) is 21.6. The van der Waals surface area contributed by atoms with Crippen LogP contribution in [-0.4, -0.2) is 31.5 Å². The molecule has 0 aromatic heterocycles. The molecule has 32 heavy (non-hydrogen) atoms. The highest BCUT2D eigenvalue weighted by Crippen LogP contribution is 2.24. The Morgan fingerprint density at radius 3 is 2.25 bits per heavy atom. The van der Waals surface area contributed by atoms with E-state index in [0.717, 1.165) is 29.7 Å². The van der Waals surface area contributed by atoms with Gasteiger partial charge in [0.1, 0.15) is 5.75 Å². The van der Waals surface area contributed by atoms with Crippen molar-refractivity contribution in [1.82, 2.24) is 10.6 Å². The third kappa shape index (κ3) is 5.53. The zero-order valence-corrected chi connectivity index (χ0v) is 18.0. The topological polar surface area (TPSA) is 79.5 Å². The van der Waals surface area contributed by atoms with E-state index < -0.39 is 0 Å². The van der Waals surface area contributed by atoms with Gasteiger partial charge in [-0.1, -0.05) is 54.6 Å². The lowest BCUT2D eigenvalue weighted by Crippen LogP contribution is -2.33. The Kier molecular flexibility index (Phi) is 6.82. The lowest BCUT2D eigenvalue weighted by molar-refractivity contribution is -0.115. The Balaban J connectivity index is 1.45. The van der Waals surface area contributed by atoms with Gasteiger partial charge in [0, 0.05) is 6.04 Å². The van der Waals surface area contributed by atoms with Crippen molar-refractivity contribution in [3.05, 3.63) is 95.6 Å². The van der Waals surface area contributed by atoms with Gasteiger partial charge in [-0.15, -0.1) is 0 Å². The fourth-order valence-corrected chi connectivity index (χ4v) is 3.54. The first-order chi connectivity index (χ1) is 15.6. The fourth-order valence-electron chi connectivity index (χ4n) is 3.54. The summed E-state index contributed by atoms with van der Waals surface area (Å²) in [6.07, 6.45) is 2.02. The number of para-hydroxylation sites is 1. The number of carbonyl (C=O) groups excluding carboxylic acids is 2. The molecule has 1 fully saturated rings. The monoisotopic (exact) mass is 429 g/mol. The van der Waals surface area contributed by atoms with Crippen LogP contribution in [0.3, 0.4) is 0 Å². The highest BCUT2D eigenvalue weighted by atomic mass is 16.5. The number of rotatable bonds is 9. The van der Waals surface area contributed by atoms with Crippen LogP contribution in [0.2, 0.25) is 0 Å². The van der Waals surface area contributed by atoms with Gasteiger partial charge in [0.25, 0.3) is 5.91 Å². The van der Waals surface area contributed by atoms with E-state index in [4.69, 9.17) is 4.74 Å². The van der Waals surface area contributed by atoms with Crippen molar-refractivity contribution in [2.24, 2.45) is 0 Å². The molecule has 1 aliphatic rings. The molecule has 4 rings (SSSR count). The first-order valence-electron chi connectivity index (χ1n) is 10.8. The van der Waals surface area contributed by atoms with Crippen LogP contribution in [0.25, 0.3) is 0 Å². The number of ether oxygens (including phenoxy) is 1. The number of carbonyl (C=O) groups is 2. The Morgan fingerprint density at radius 2 is 1.56 bits per heavy atom. The van der Waals surface area contributed by atoms with E-state index in [1.165, 1.54) is 0 Å². The van der Waals surface area contributed by atoms with E-state index in [1.54, 1.807) is 31.4 Å². The summed E-state index contributed by atoms with van der Waals surface area (Å²) in [7, 11) is 1.63. The summed E-state index contributed by atoms with van der Waals surface area (Å²) in [6, 6.07) is 24.9. The van der Waals surface area contributed by atoms with Crippen LogP contribution in [0.1, 0.15) is 40.4 Å². The van der Waals surface area contributed by atoms with Gasteiger partial charge in [0.2, 0.25) is 5.91 Å². The van der Waals surface area contributed by atoms with Crippen LogP contribution in [0.4, 0.5) is 5.69 Å². The molecule has 0 radical (unpaired) electrons. The van der Waals surface area contributed by atoms with Gasteiger partial charge in [-0.05, 0) is 48.2 Å². The third-order valence-electron chi connectivity index (χ3n) is 5.41. The number of methoxy groups -OCH3 is 1. The van der Waals surface area contributed by atoms with Crippen LogP contribution >= 0.6 is 0 Å². The molecule has 6 heteroatoms. The van der Waals surface area contributed by atoms with Crippen LogP contribution in [0.15, 0.2) is 78.9 Å². The number of anilines is 1. The molecule has 3 aromatic rings. The first-order valence-corrected chi connectivity index (χ1v) is 10.8. The maximum absolute atomic E-state index is 12.8. The maximum atomic E-state index is 12.8. The van der Waals surface area contributed by atoms with E-state index in [0.29, 0.717) is 11.3 Å². The largest absolute Gasteiger partial charge is 0.497 e. The van der Waals surface area contributed by atoms with Crippen molar-refractivity contribution in [2.45, 2.75) is 24.9 Å². The molecule has 6 nitrogen and oxygen atoms in total. The second kappa shape index (κ2) is 10.1. The molecule has 3 aromatic carbocycles. The van der Waals surface area contributed by atoms with E-state index in [2.05, 4.69) is 16.0 Å². The Bertz CT molecular complexity index is 1060. The van der Waals surface area contributed by atoms with Crippen LogP contribution in [-0.2, 0) is 4.79 Å². The number of nitrogens with one attached hydrogen (secondary N) is 3. The molecule has 0 aliphatic heterocycles. The smallest absolute Gasteiger partial charge is 0.253 e. The van der Waals surface area contributed by atoms with Gasteiger partial charge in [0.15, 0.2) is 0 Å². The molecule has 164 valence electrons. The van der Waals surface area contributed by atoms with Crippen molar-refractivity contribution in [3.8, 4) is 5.75 Å². The Labute approximate surface area is 188 Å². The molecule has 1 saturated carbocycles. The third-order valence-corrected chi connectivity index (χ3v) is 5.41. The molecule has 0 spiro atoms. The summed E-state index contributed by atoms with van der Waals surface area (Å²) >= 11 is 0. The summed E-state index contributed by atoms with van der Waals surface area (Å²) in [6.45, 7) is 0.0875. The van der Waals surface area contributed by atoms with Crippen molar-refractivity contribution in [1.29, 1.82) is 0 Å². The zero-order valence-electron chi connectivity index (χ0n) is 18.0. The summed E-state index contributed by atoms with van der Waals surface area (Å²) in [5.74, 6) is 0.405. The molecule has 3 N–H and O–H groups in total. The van der Waals surface area contributed by atoms with Crippen molar-refractivity contribution >= 4 is 17.5 Å². The lowest BCUT2D eigenvalue weighted by atomic mass is 9.98. The molecular weight excluding hydrogens is 402 g/mol. The molecular formula is C26H27N3O3. The van der Waals surface area contributed by atoms with Crippen molar-refractivity contribution in [3.63, 3.8) is 0 Å². The predicted octanol–water partition coefficient (Wildman–Crippen LogP) is 3.91. The Hall–Kier alpha value is -3.64. The molecule has 0 bridgehead atoms. The van der Waals surface area contributed by atoms with E-state index in [-0.39, 0.29) is 30.4 Å².